The van der Waals surface area contributed by atoms with Crippen molar-refractivity contribution in [3.05, 3.63) is 39.9 Å². The number of nitro benzene ring substituents is 1. The Morgan fingerprint density at radius 2 is 1.95 bits per heavy atom. The molecule has 104 valence electrons. The van der Waals surface area contributed by atoms with Crippen LogP contribution in [0.3, 0.4) is 0 Å². The first-order valence-corrected chi connectivity index (χ1v) is 6.08. The van der Waals surface area contributed by atoms with Crippen LogP contribution in [-0.2, 0) is 11.2 Å². The average molecular weight is 266 g/mol. The molecule has 1 aromatic carbocycles. The van der Waals surface area contributed by atoms with Gasteiger partial charge in [0.25, 0.3) is 5.69 Å². The minimum absolute atomic E-state index is 0.000567. The SMILES string of the molecule is CC(C)C(O)CNC(=O)Cc1ccc([N+](=O)[O-])cc1. The maximum absolute atomic E-state index is 11.6. The van der Waals surface area contributed by atoms with Gasteiger partial charge in [-0.25, -0.2) is 0 Å². The van der Waals surface area contributed by atoms with Crippen molar-refractivity contribution < 1.29 is 14.8 Å². The molecule has 0 aliphatic heterocycles. The van der Waals surface area contributed by atoms with Gasteiger partial charge in [-0.15, -0.1) is 0 Å². The van der Waals surface area contributed by atoms with Gasteiger partial charge in [0, 0.05) is 18.7 Å². The molecule has 0 fully saturated rings. The molecule has 0 aromatic heterocycles. The van der Waals surface area contributed by atoms with E-state index in [4.69, 9.17) is 0 Å². The number of nitro groups is 1. The summed E-state index contributed by atoms with van der Waals surface area (Å²) in [6.07, 6.45) is -0.427. The van der Waals surface area contributed by atoms with Crippen LogP contribution in [0, 0.1) is 16.0 Å². The van der Waals surface area contributed by atoms with E-state index in [1.807, 2.05) is 13.8 Å². The van der Waals surface area contributed by atoms with Crippen molar-refractivity contribution in [1.29, 1.82) is 0 Å². The van der Waals surface area contributed by atoms with Crippen molar-refractivity contribution in [3.63, 3.8) is 0 Å². The van der Waals surface area contributed by atoms with Crippen LogP contribution in [0.4, 0.5) is 5.69 Å². The molecule has 1 unspecified atom stereocenters. The summed E-state index contributed by atoms with van der Waals surface area (Å²) in [5.41, 5.74) is 0.696. The molecule has 19 heavy (non-hydrogen) atoms. The third-order valence-electron chi connectivity index (χ3n) is 2.79. The zero-order chi connectivity index (χ0) is 14.4. The summed E-state index contributed by atoms with van der Waals surface area (Å²) in [5.74, 6) is -0.131. The Kier molecular flexibility index (Phi) is 5.44. The average Bonchev–Trinajstić information content (AvgIpc) is 2.36. The lowest BCUT2D eigenvalue weighted by atomic mass is 10.1. The van der Waals surface area contributed by atoms with E-state index in [9.17, 15) is 20.0 Å². The molecule has 0 saturated carbocycles. The Morgan fingerprint density at radius 3 is 2.42 bits per heavy atom. The number of hydrogen-bond acceptors (Lipinski definition) is 4. The summed E-state index contributed by atoms with van der Waals surface area (Å²) in [4.78, 5) is 21.6. The highest BCUT2D eigenvalue weighted by Crippen LogP contribution is 2.12. The molecule has 1 atom stereocenters. The molecule has 0 radical (unpaired) electrons. The molecule has 6 nitrogen and oxygen atoms in total. The molecule has 6 heteroatoms. The normalized spacial score (nSPS) is 12.2. The smallest absolute Gasteiger partial charge is 0.269 e. The molecular weight excluding hydrogens is 248 g/mol. The second-order valence-electron chi connectivity index (χ2n) is 4.72. The van der Waals surface area contributed by atoms with Gasteiger partial charge in [-0.1, -0.05) is 26.0 Å². The number of hydrogen-bond donors (Lipinski definition) is 2. The number of aliphatic hydroxyl groups is 1. The van der Waals surface area contributed by atoms with Gasteiger partial charge in [0.2, 0.25) is 5.91 Å². The number of carbonyl (C=O) groups excluding carboxylic acids is 1. The number of non-ortho nitro benzene ring substituents is 1. The monoisotopic (exact) mass is 266 g/mol. The second kappa shape index (κ2) is 6.84. The molecular formula is C13H18N2O4. The van der Waals surface area contributed by atoms with Crippen LogP contribution in [-0.4, -0.2) is 28.6 Å². The zero-order valence-electron chi connectivity index (χ0n) is 11.0. The van der Waals surface area contributed by atoms with Crippen LogP contribution in [0.25, 0.3) is 0 Å². The Morgan fingerprint density at radius 1 is 1.37 bits per heavy atom. The number of rotatable bonds is 6. The summed E-state index contributed by atoms with van der Waals surface area (Å²) >= 11 is 0. The Bertz CT molecular complexity index is 442. The van der Waals surface area contributed by atoms with Gasteiger partial charge in [0.05, 0.1) is 17.4 Å². The van der Waals surface area contributed by atoms with E-state index in [0.29, 0.717) is 5.56 Å². The maximum Gasteiger partial charge on any atom is 0.269 e. The van der Waals surface area contributed by atoms with Crippen LogP contribution in [0.5, 0.6) is 0 Å². The predicted octanol–water partition coefficient (Wildman–Crippen LogP) is 1.27. The molecule has 2 N–H and O–H groups in total. The molecule has 1 amide bonds. The van der Waals surface area contributed by atoms with E-state index in [2.05, 4.69) is 5.32 Å². The van der Waals surface area contributed by atoms with Crippen molar-refractivity contribution >= 4 is 11.6 Å². The fourth-order valence-electron chi connectivity index (χ4n) is 1.44. The summed E-state index contributed by atoms with van der Waals surface area (Å²) < 4.78 is 0. The highest BCUT2D eigenvalue weighted by Gasteiger charge is 2.11. The van der Waals surface area contributed by atoms with E-state index in [-0.39, 0.29) is 30.5 Å². The van der Waals surface area contributed by atoms with Crippen LogP contribution in [0.15, 0.2) is 24.3 Å². The van der Waals surface area contributed by atoms with Gasteiger partial charge in [-0.05, 0) is 11.5 Å². The fourth-order valence-corrected chi connectivity index (χ4v) is 1.44. The predicted molar refractivity (Wildman–Crippen MR) is 70.7 cm³/mol. The van der Waals surface area contributed by atoms with Crippen LogP contribution < -0.4 is 5.32 Å². The van der Waals surface area contributed by atoms with E-state index in [0.717, 1.165) is 0 Å². The highest BCUT2D eigenvalue weighted by molar-refractivity contribution is 5.78. The number of benzene rings is 1. The third kappa shape index (κ3) is 5.05. The Balaban J connectivity index is 2.46. The first kappa shape index (κ1) is 15.1. The van der Waals surface area contributed by atoms with E-state index in [1.165, 1.54) is 12.1 Å². The van der Waals surface area contributed by atoms with Gasteiger partial charge in [-0.2, -0.15) is 0 Å². The number of nitrogens with zero attached hydrogens (tertiary/aromatic N) is 1. The molecule has 1 rings (SSSR count). The standard InChI is InChI=1S/C13H18N2O4/c1-9(2)12(16)8-14-13(17)7-10-3-5-11(6-4-10)15(18)19/h3-6,9,12,16H,7-8H2,1-2H3,(H,14,17). The number of carbonyl (C=O) groups is 1. The molecule has 0 spiro atoms. The minimum atomic E-state index is -0.569. The van der Waals surface area contributed by atoms with Gasteiger partial charge in [0.1, 0.15) is 0 Å². The van der Waals surface area contributed by atoms with Gasteiger partial charge >= 0.3 is 0 Å². The van der Waals surface area contributed by atoms with E-state index >= 15 is 0 Å². The third-order valence-corrected chi connectivity index (χ3v) is 2.79. The number of amides is 1. The Hall–Kier alpha value is -1.95. The summed E-state index contributed by atoms with van der Waals surface area (Å²) in [6.45, 7) is 3.95. The van der Waals surface area contributed by atoms with Gasteiger partial charge < -0.3 is 10.4 Å². The molecule has 1 aromatic rings. The van der Waals surface area contributed by atoms with Gasteiger partial charge in [0.15, 0.2) is 0 Å². The van der Waals surface area contributed by atoms with Crippen molar-refractivity contribution in [1.82, 2.24) is 5.32 Å². The van der Waals surface area contributed by atoms with Crippen molar-refractivity contribution in [2.75, 3.05) is 6.54 Å². The largest absolute Gasteiger partial charge is 0.391 e. The van der Waals surface area contributed by atoms with Crippen molar-refractivity contribution in [3.8, 4) is 0 Å². The lowest BCUT2D eigenvalue weighted by molar-refractivity contribution is -0.384. The van der Waals surface area contributed by atoms with Crippen LogP contribution >= 0.6 is 0 Å². The number of aliphatic hydroxyl groups excluding tert-OH is 1. The van der Waals surface area contributed by atoms with Crippen LogP contribution in [0.1, 0.15) is 19.4 Å². The number of nitrogens with one attached hydrogen (secondary N) is 1. The summed E-state index contributed by atoms with van der Waals surface area (Å²) in [6, 6.07) is 5.84. The maximum atomic E-state index is 11.6. The van der Waals surface area contributed by atoms with E-state index < -0.39 is 11.0 Å². The molecule has 0 aliphatic carbocycles. The second-order valence-corrected chi connectivity index (χ2v) is 4.72. The van der Waals surface area contributed by atoms with Gasteiger partial charge in [-0.3, -0.25) is 14.9 Å². The lowest BCUT2D eigenvalue weighted by Gasteiger charge is -2.14. The van der Waals surface area contributed by atoms with Crippen molar-refractivity contribution in [2.24, 2.45) is 5.92 Å². The molecule has 0 saturated heterocycles. The van der Waals surface area contributed by atoms with Crippen molar-refractivity contribution in [2.45, 2.75) is 26.4 Å². The quantitative estimate of drug-likeness (QED) is 0.599. The first-order valence-electron chi connectivity index (χ1n) is 6.08. The molecule has 0 aliphatic rings. The molecule has 0 bridgehead atoms. The molecule has 0 heterocycles. The lowest BCUT2D eigenvalue weighted by Crippen LogP contribution is -2.35. The van der Waals surface area contributed by atoms with E-state index in [1.54, 1.807) is 12.1 Å². The topological polar surface area (TPSA) is 92.5 Å². The summed E-state index contributed by atoms with van der Waals surface area (Å²) in [5, 5.41) is 22.7. The first-order chi connectivity index (χ1) is 8.90. The summed E-state index contributed by atoms with van der Waals surface area (Å²) in [7, 11) is 0. The Labute approximate surface area is 111 Å². The fraction of sp³-hybridized carbons (Fsp3) is 0.462. The minimum Gasteiger partial charge on any atom is -0.391 e. The zero-order valence-corrected chi connectivity index (χ0v) is 11.0. The highest BCUT2D eigenvalue weighted by atomic mass is 16.6. The van der Waals surface area contributed by atoms with Crippen LogP contribution in [0.2, 0.25) is 0 Å².